The molecule has 0 bridgehead atoms. The second-order valence-electron chi connectivity index (χ2n) is 27.7. The van der Waals surface area contributed by atoms with E-state index in [1.54, 1.807) is 23.1 Å². The molecule has 1 aromatic heterocycles. The SMILES string of the molecule is C=c1ccc(=C2C(=O)C(c3ccc(N(C)C)cc3O)=C2[O-])c(O)c1.CCN1c2cc(Cl)ccc2SC1CC=C1CCC(/C=C/c2sc3ccc(Cl)cc3[n+]2CC)=C1N(c1ccccc1)c1ccccc1.CN=C1C=CC(=C(/C=C/C=C(c2ccc(N(C)C)cc2)c2ccc(N(C)C)cc2)c2ccc(N(C)C)cc2)C=C1. The highest BCUT2D eigenvalue weighted by atomic mass is 35.5. The van der Waals surface area contributed by atoms with Gasteiger partial charge in [0.1, 0.15) is 22.7 Å². The fourth-order valence-corrected chi connectivity index (χ4v) is 16.6. The summed E-state index contributed by atoms with van der Waals surface area (Å²) >= 11 is 16.6. The quantitative estimate of drug-likeness (QED) is 0.0595. The van der Waals surface area contributed by atoms with Crippen molar-refractivity contribution in [3.8, 4) is 11.5 Å². The summed E-state index contributed by atoms with van der Waals surface area (Å²) in [7, 11) is 17.9. The summed E-state index contributed by atoms with van der Waals surface area (Å²) in [6.45, 7) is 9.95. The highest BCUT2D eigenvalue weighted by Gasteiger charge is 2.33. The summed E-state index contributed by atoms with van der Waals surface area (Å²) in [5, 5.41) is 36.4. The number of para-hydroxylation sites is 2. The maximum absolute atomic E-state index is 12.4. The number of phenolic OH excluding ortho intramolecular Hbond substituents is 2. The van der Waals surface area contributed by atoms with E-state index in [9.17, 15) is 20.1 Å². The van der Waals surface area contributed by atoms with Crippen LogP contribution in [0.1, 0.15) is 60.4 Å². The summed E-state index contributed by atoms with van der Waals surface area (Å²) in [5.41, 5.74) is 21.1. The second kappa shape index (κ2) is 35.4. The van der Waals surface area contributed by atoms with Gasteiger partial charge < -0.3 is 44.7 Å². The fourth-order valence-electron chi connectivity index (χ4n) is 13.8. The number of halogens is 2. The van der Waals surface area contributed by atoms with E-state index >= 15 is 0 Å². The van der Waals surface area contributed by atoms with E-state index in [4.69, 9.17) is 23.2 Å². The highest BCUT2D eigenvalue weighted by molar-refractivity contribution is 8.00. The number of nitrogens with zero attached hydrogens (tertiary/aromatic N) is 8. The van der Waals surface area contributed by atoms with Crippen molar-refractivity contribution in [2.45, 2.75) is 49.9 Å². The number of allylic oxidation sites excluding steroid dienone is 14. The molecule has 0 saturated carbocycles. The Labute approximate surface area is 665 Å². The lowest BCUT2D eigenvalue weighted by molar-refractivity contribution is -0.665. The maximum atomic E-state index is 12.4. The predicted octanol–water partition coefficient (Wildman–Crippen LogP) is 19.3. The van der Waals surface area contributed by atoms with Crippen LogP contribution in [0.5, 0.6) is 11.5 Å². The van der Waals surface area contributed by atoms with E-state index in [2.05, 4.69) is 315 Å². The van der Waals surface area contributed by atoms with Gasteiger partial charge in [0, 0.05) is 159 Å². The zero-order valence-corrected chi connectivity index (χ0v) is 67.2. The van der Waals surface area contributed by atoms with Crippen molar-refractivity contribution in [1.82, 2.24) is 0 Å². The Morgan fingerprint density at radius 3 is 1.75 bits per heavy atom. The molecule has 0 fully saturated rings. The van der Waals surface area contributed by atoms with Crippen LogP contribution in [0, 0.1) is 0 Å². The molecule has 0 radical (unpaired) electrons. The number of hydrogen-bond donors (Lipinski definition) is 2. The molecule has 2 heterocycles. The number of carbonyl (C=O) groups is 1. The Hall–Kier alpha value is -11.3. The molecular formula is C94H92Cl2N8O4S2. The largest absolute Gasteiger partial charge is 0.871 e. The first-order valence-corrected chi connectivity index (χ1v) is 39.2. The number of aromatic hydroxyl groups is 2. The molecule has 9 aromatic carbocycles. The van der Waals surface area contributed by atoms with Gasteiger partial charge in [-0.3, -0.25) is 9.79 Å². The van der Waals surface area contributed by atoms with Gasteiger partial charge >= 0.3 is 0 Å². The fraction of sp³-hybridized carbons (Fsp3) is 0.181. The van der Waals surface area contributed by atoms with Crippen molar-refractivity contribution >= 4 is 143 Å². The van der Waals surface area contributed by atoms with Gasteiger partial charge in [-0.05, 0) is 216 Å². The highest BCUT2D eigenvalue weighted by Crippen LogP contribution is 2.48. The number of Topliss-reactive ketones (excluding diaryl/α,β-unsaturated/α-hetero) is 1. The minimum atomic E-state index is -0.486. The molecule has 2 N–H and O–H groups in total. The lowest BCUT2D eigenvalue weighted by atomic mass is 9.81. The predicted molar refractivity (Wildman–Crippen MR) is 468 cm³/mol. The third kappa shape index (κ3) is 17.7. The average Bonchev–Trinajstić information content (AvgIpc) is 1.11. The molecule has 16 heteroatoms. The summed E-state index contributed by atoms with van der Waals surface area (Å²) in [6, 6.07) is 69.5. The lowest BCUT2D eigenvalue weighted by Crippen LogP contribution is -2.33. The molecule has 1 unspecified atom stereocenters. The average molecular weight is 1530 g/mol. The molecule has 0 saturated heterocycles. The number of fused-ring (bicyclic) bond motifs is 2. The first-order chi connectivity index (χ1) is 53.1. The number of rotatable bonds is 19. The van der Waals surface area contributed by atoms with Gasteiger partial charge in [-0.25, -0.2) is 0 Å². The zero-order chi connectivity index (χ0) is 77.9. The van der Waals surface area contributed by atoms with Gasteiger partial charge in [-0.15, -0.1) is 0 Å². The third-order valence-corrected chi connectivity index (χ3v) is 22.7. The number of benzene rings is 9. The van der Waals surface area contributed by atoms with E-state index in [1.165, 1.54) is 100 Å². The minimum Gasteiger partial charge on any atom is -0.871 e. The van der Waals surface area contributed by atoms with Crippen molar-refractivity contribution in [1.29, 1.82) is 0 Å². The van der Waals surface area contributed by atoms with E-state index in [0.717, 1.165) is 76.3 Å². The molecule has 12 nitrogen and oxygen atoms in total. The van der Waals surface area contributed by atoms with Crippen LogP contribution in [0.15, 0.2) is 299 Å². The summed E-state index contributed by atoms with van der Waals surface area (Å²) in [5.74, 6) is -1.26. The molecule has 110 heavy (non-hydrogen) atoms. The van der Waals surface area contributed by atoms with Crippen LogP contribution in [0.3, 0.4) is 0 Å². The first kappa shape index (κ1) is 78.3. The number of ketones is 1. The van der Waals surface area contributed by atoms with Gasteiger partial charge in [0.2, 0.25) is 5.52 Å². The van der Waals surface area contributed by atoms with Crippen LogP contribution in [0.25, 0.3) is 45.2 Å². The molecule has 14 rings (SSSR count). The number of thiazole rings is 1. The molecule has 1 atom stereocenters. The van der Waals surface area contributed by atoms with Crippen molar-refractivity contribution in [2.24, 2.45) is 4.99 Å². The Bertz CT molecular complexity index is 5410. The number of aryl methyl sites for hydroxylation is 1. The first-order valence-electron chi connectivity index (χ1n) is 36.8. The Morgan fingerprint density at radius 1 is 0.627 bits per heavy atom. The molecule has 0 spiro atoms. The van der Waals surface area contributed by atoms with Crippen molar-refractivity contribution in [2.75, 3.05) is 99.4 Å². The topological polar surface area (TPSA) is 116 Å². The summed E-state index contributed by atoms with van der Waals surface area (Å²) in [4.78, 5) is 31.2. The van der Waals surface area contributed by atoms with Crippen LogP contribution in [0.4, 0.5) is 39.8 Å². The molecule has 558 valence electrons. The standard InChI is InChI=1S/C39H36Cl2N3S2.C36H40N4.C19H17NO4/c1-3-42-33-25-29(40)19-21-35(33)45-37(42)23-17-27-15-16-28(18-24-38-43(4-2)34-26-30(41)20-22-36(34)46-38)39(27)44(31-11-7-5-8-12-31)32-13-9-6-10-14-32;1-37-31-19-11-27(12-20-31)35(28-13-21-32(22-14-28)38(2)3)9-8-10-36(29-15-23-33(24-16-29)39(4)5)30-17-25-34(26-18-30)40(6)7;1-10-4-6-12(14(21)8-10)16-18(23)17(19(16)24)13-7-5-11(20(2)3)9-15(13)22/h5-14,17-23,25-26,38H,3-4,15-16,24H2,1-2H3;8-26H,1-7H3;4-9,21-23H,1H2,2-3H3/q+1;;/p-1/b;9-8+,35-27?,37-31?;. The van der Waals surface area contributed by atoms with Crippen molar-refractivity contribution in [3.63, 3.8) is 0 Å². The summed E-state index contributed by atoms with van der Waals surface area (Å²) < 4.78 is 3.61. The molecule has 10 aromatic rings. The van der Waals surface area contributed by atoms with Crippen LogP contribution >= 0.6 is 46.3 Å². The molecule has 1 aliphatic heterocycles. The maximum Gasteiger partial charge on any atom is 0.262 e. The van der Waals surface area contributed by atoms with E-state index in [1.807, 2.05) is 56.4 Å². The van der Waals surface area contributed by atoms with Crippen LogP contribution in [0.2, 0.25) is 10.0 Å². The van der Waals surface area contributed by atoms with Crippen LogP contribution in [-0.4, -0.2) is 97.1 Å². The van der Waals surface area contributed by atoms with Crippen LogP contribution < -0.4 is 49.5 Å². The number of aromatic nitrogens is 1. The molecule has 4 aliphatic rings. The van der Waals surface area contributed by atoms with Crippen LogP contribution in [-0.2, 0) is 11.3 Å². The molecule has 3 aliphatic carbocycles. The van der Waals surface area contributed by atoms with Gasteiger partial charge in [-0.2, -0.15) is 4.57 Å². The number of anilines is 7. The smallest absolute Gasteiger partial charge is 0.262 e. The summed E-state index contributed by atoms with van der Waals surface area (Å²) in [6.07, 6.45) is 25.1. The second-order valence-corrected chi connectivity index (χ2v) is 30.9. The number of aliphatic imine (C=N–C) groups is 1. The minimum absolute atomic E-state index is 0.0640. The number of carbonyl (C=O) groups excluding carboxylic acids is 1. The Morgan fingerprint density at radius 2 is 1.20 bits per heavy atom. The Kier molecular flexibility index (Phi) is 25.2. The Balaban J connectivity index is 0.000000161. The molecular weight excluding hydrogens is 1440 g/mol. The van der Waals surface area contributed by atoms with Crippen molar-refractivity contribution in [3.05, 3.63) is 337 Å². The van der Waals surface area contributed by atoms with E-state index < -0.39 is 11.5 Å². The lowest BCUT2D eigenvalue weighted by Gasteiger charge is -2.31. The van der Waals surface area contributed by atoms with Gasteiger partial charge in [0.25, 0.3) is 5.01 Å². The van der Waals surface area contributed by atoms with Crippen molar-refractivity contribution < 1.29 is 24.7 Å². The van der Waals surface area contributed by atoms with Gasteiger partial charge in [-0.1, -0.05) is 174 Å². The third-order valence-electron chi connectivity index (χ3n) is 19.8. The normalized spacial score (nSPS) is 15.2. The zero-order valence-electron chi connectivity index (χ0n) is 64.1. The number of phenols is 2. The molecule has 0 amide bonds. The van der Waals surface area contributed by atoms with E-state index in [0.29, 0.717) is 10.6 Å². The van der Waals surface area contributed by atoms with E-state index in [-0.39, 0.29) is 33.4 Å². The van der Waals surface area contributed by atoms with Gasteiger partial charge in [0.05, 0.1) is 22.5 Å². The number of thioether (sulfide) groups is 1. The number of hydrogen-bond acceptors (Lipinski definition) is 13. The van der Waals surface area contributed by atoms with Gasteiger partial charge in [0.15, 0.2) is 5.78 Å². The monoisotopic (exact) mass is 1530 g/mol.